The van der Waals surface area contributed by atoms with Crippen molar-refractivity contribution >= 4 is 17.3 Å². The zero-order chi connectivity index (χ0) is 19.5. The van der Waals surface area contributed by atoms with Crippen molar-refractivity contribution in [1.29, 1.82) is 0 Å². The van der Waals surface area contributed by atoms with Gasteiger partial charge in [0.25, 0.3) is 11.6 Å². The van der Waals surface area contributed by atoms with Crippen molar-refractivity contribution in [3.05, 3.63) is 70.0 Å². The van der Waals surface area contributed by atoms with Crippen LogP contribution in [0.5, 0.6) is 0 Å². The van der Waals surface area contributed by atoms with Gasteiger partial charge in [0.05, 0.1) is 4.92 Å². The molecule has 28 heavy (non-hydrogen) atoms. The van der Waals surface area contributed by atoms with Crippen LogP contribution in [0.1, 0.15) is 35.4 Å². The number of aryl methyl sites for hydroxylation is 1. The largest absolute Gasteiger partial charge is 0.322 e. The van der Waals surface area contributed by atoms with Gasteiger partial charge in [-0.05, 0) is 31.0 Å². The number of benzene rings is 2. The van der Waals surface area contributed by atoms with E-state index in [9.17, 15) is 14.9 Å². The maximum Gasteiger partial charge on any atom is 0.270 e. The smallest absolute Gasteiger partial charge is 0.270 e. The predicted molar refractivity (Wildman–Crippen MR) is 104 cm³/mol. The van der Waals surface area contributed by atoms with Crippen molar-refractivity contribution in [3.63, 3.8) is 0 Å². The van der Waals surface area contributed by atoms with Crippen molar-refractivity contribution in [2.24, 2.45) is 0 Å². The van der Waals surface area contributed by atoms with E-state index in [4.69, 9.17) is 0 Å². The summed E-state index contributed by atoms with van der Waals surface area (Å²) < 4.78 is 2.15. The van der Waals surface area contributed by atoms with Crippen LogP contribution in [0.15, 0.2) is 48.5 Å². The lowest BCUT2D eigenvalue weighted by atomic mass is 10.1. The van der Waals surface area contributed by atoms with Crippen molar-refractivity contribution < 1.29 is 9.72 Å². The number of non-ortho nitro benzene ring substituents is 1. The number of aromatic nitrogens is 3. The van der Waals surface area contributed by atoms with Gasteiger partial charge in [0, 0.05) is 41.9 Å². The Hall–Kier alpha value is -3.55. The molecule has 4 rings (SSSR count). The number of rotatable bonds is 4. The minimum atomic E-state index is -0.519. The first-order valence-electron chi connectivity index (χ1n) is 9.20. The van der Waals surface area contributed by atoms with Gasteiger partial charge in [-0.3, -0.25) is 14.9 Å². The molecule has 1 N–H and O–H groups in total. The molecule has 0 fully saturated rings. The van der Waals surface area contributed by atoms with Crippen molar-refractivity contribution in [2.45, 2.75) is 32.2 Å². The average Bonchev–Trinajstić information content (AvgIpc) is 2.96. The molecule has 0 saturated heterocycles. The Bertz CT molecular complexity index is 1040. The average molecular weight is 377 g/mol. The first-order valence-corrected chi connectivity index (χ1v) is 9.20. The second kappa shape index (κ2) is 7.59. The number of carbonyl (C=O) groups excluding carboxylic acids is 1. The normalized spacial score (nSPS) is 13.4. The third kappa shape index (κ3) is 3.62. The molecule has 0 bridgehead atoms. The van der Waals surface area contributed by atoms with Crippen LogP contribution in [0.2, 0.25) is 0 Å². The topological polar surface area (TPSA) is 103 Å². The Morgan fingerprint density at radius 2 is 1.93 bits per heavy atom. The van der Waals surface area contributed by atoms with Crippen LogP contribution in [0, 0.1) is 10.1 Å². The molecule has 3 aromatic rings. The molecule has 0 spiro atoms. The van der Waals surface area contributed by atoms with Crippen LogP contribution in [0.25, 0.3) is 11.4 Å². The summed E-state index contributed by atoms with van der Waals surface area (Å²) in [5.74, 6) is 1.39. The number of nitro benzene ring substituents is 1. The van der Waals surface area contributed by atoms with Gasteiger partial charge in [0.1, 0.15) is 5.82 Å². The fourth-order valence-electron chi connectivity index (χ4n) is 3.40. The highest BCUT2D eigenvalue weighted by atomic mass is 16.6. The van der Waals surface area contributed by atoms with Crippen LogP contribution in [0.4, 0.5) is 11.4 Å². The van der Waals surface area contributed by atoms with E-state index in [1.807, 2.05) is 18.2 Å². The maximum absolute atomic E-state index is 12.5. The molecule has 142 valence electrons. The summed E-state index contributed by atoms with van der Waals surface area (Å²) in [5.41, 5.74) is 1.58. The summed E-state index contributed by atoms with van der Waals surface area (Å²) in [6, 6.07) is 13.1. The van der Waals surface area contributed by atoms with Crippen LogP contribution in [-0.2, 0) is 13.0 Å². The van der Waals surface area contributed by atoms with E-state index in [-0.39, 0.29) is 11.3 Å². The molecule has 1 aliphatic heterocycles. The van der Waals surface area contributed by atoms with E-state index in [1.165, 1.54) is 24.6 Å². The van der Waals surface area contributed by atoms with E-state index in [2.05, 4.69) is 20.1 Å². The number of fused-ring (bicyclic) bond motifs is 1. The molecule has 8 nitrogen and oxygen atoms in total. The van der Waals surface area contributed by atoms with E-state index in [0.29, 0.717) is 5.69 Å². The van der Waals surface area contributed by atoms with E-state index >= 15 is 0 Å². The molecule has 1 amide bonds. The standard InChI is InChI=1S/C20H19N5O3/c26-20(15-7-5-9-17(13-15)25(27)28)21-16-8-4-6-14(12-16)19-23-22-18-10-2-1-3-11-24(18)19/h4-9,12-13H,1-3,10-11H2,(H,21,26). The van der Waals surface area contributed by atoms with Gasteiger partial charge in [-0.1, -0.05) is 24.6 Å². The number of hydrogen-bond donors (Lipinski definition) is 1. The summed E-state index contributed by atoms with van der Waals surface area (Å²) in [6.45, 7) is 0.891. The van der Waals surface area contributed by atoms with Gasteiger partial charge in [0.2, 0.25) is 0 Å². The molecule has 0 unspecified atom stereocenters. The van der Waals surface area contributed by atoms with Crippen molar-refractivity contribution in [2.75, 3.05) is 5.32 Å². The summed E-state index contributed by atoms with van der Waals surface area (Å²) in [5, 5.41) is 22.4. The van der Waals surface area contributed by atoms with Crippen LogP contribution >= 0.6 is 0 Å². The SMILES string of the molecule is O=C(Nc1cccc(-c2nnc3n2CCCCC3)c1)c1cccc([N+](=O)[O-])c1. The Kier molecular flexibility index (Phi) is 4.84. The molecule has 0 radical (unpaired) electrons. The van der Waals surface area contributed by atoms with Gasteiger partial charge in [0.15, 0.2) is 5.82 Å². The predicted octanol–water partition coefficient (Wildman–Crippen LogP) is 3.83. The van der Waals surface area contributed by atoms with Crippen LogP contribution in [-0.4, -0.2) is 25.6 Å². The first kappa shape index (κ1) is 17.8. The number of nitrogens with zero attached hydrogens (tertiary/aromatic N) is 4. The number of nitro groups is 1. The molecule has 2 heterocycles. The highest BCUT2D eigenvalue weighted by Crippen LogP contribution is 2.25. The fraction of sp³-hybridized carbons (Fsp3) is 0.250. The quantitative estimate of drug-likeness (QED) is 0.550. The number of carbonyl (C=O) groups is 1. The maximum atomic E-state index is 12.5. The van der Waals surface area contributed by atoms with Gasteiger partial charge >= 0.3 is 0 Å². The van der Waals surface area contributed by atoms with Gasteiger partial charge in [-0.15, -0.1) is 10.2 Å². The van der Waals surface area contributed by atoms with Crippen molar-refractivity contribution in [3.8, 4) is 11.4 Å². The molecule has 8 heteroatoms. The zero-order valence-corrected chi connectivity index (χ0v) is 15.2. The summed E-state index contributed by atoms with van der Waals surface area (Å²) in [6.07, 6.45) is 4.33. The number of hydrogen-bond acceptors (Lipinski definition) is 5. The third-order valence-electron chi connectivity index (χ3n) is 4.81. The molecular weight excluding hydrogens is 358 g/mol. The summed E-state index contributed by atoms with van der Waals surface area (Å²) >= 11 is 0. The lowest BCUT2D eigenvalue weighted by Crippen LogP contribution is -2.12. The zero-order valence-electron chi connectivity index (χ0n) is 15.2. The summed E-state index contributed by atoms with van der Waals surface area (Å²) in [7, 11) is 0. The van der Waals surface area contributed by atoms with Gasteiger partial charge in [-0.25, -0.2) is 0 Å². The van der Waals surface area contributed by atoms with E-state index in [1.54, 1.807) is 12.1 Å². The van der Waals surface area contributed by atoms with Crippen LogP contribution < -0.4 is 5.32 Å². The fourth-order valence-corrected chi connectivity index (χ4v) is 3.40. The Balaban J connectivity index is 1.58. The minimum Gasteiger partial charge on any atom is -0.322 e. The van der Waals surface area contributed by atoms with Crippen LogP contribution in [0.3, 0.4) is 0 Å². The van der Waals surface area contributed by atoms with Crippen molar-refractivity contribution in [1.82, 2.24) is 14.8 Å². The highest BCUT2D eigenvalue weighted by Gasteiger charge is 2.17. The Labute approximate surface area is 161 Å². The molecule has 0 saturated carbocycles. The van der Waals surface area contributed by atoms with Gasteiger partial charge in [-0.2, -0.15) is 0 Å². The number of amides is 1. The Morgan fingerprint density at radius 3 is 2.79 bits per heavy atom. The van der Waals surface area contributed by atoms with E-state index < -0.39 is 10.8 Å². The second-order valence-corrected chi connectivity index (χ2v) is 6.74. The highest BCUT2D eigenvalue weighted by molar-refractivity contribution is 6.04. The third-order valence-corrected chi connectivity index (χ3v) is 4.81. The van der Waals surface area contributed by atoms with Gasteiger partial charge < -0.3 is 9.88 Å². The second-order valence-electron chi connectivity index (χ2n) is 6.74. The lowest BCUT2D eigenvalue weighted by molar-refractivity contribution is -0.384. The lowest BCUT2D eigenvalue weighted by Gasteiger charge is -2.09. The monoisotopic (exact) mass is 377 g/mol. The van der Waals surface area contributed by atoms with E-state index in [0.717, 1.165) is 43.0 Å². The molecule has 1 aliphatic rings. The minimum absolute atomic E-state index is 0.118. The number of nitrogens with one attached hydrogen (secondary N) is 1. The summed E-state index contributed by atoms with van der Waals surface area (Å²) in [4.78, 5) is 22.9. The Morgan fingerprint density at radius 1 is 1.07 bits per heavy atom. The molecule has 1 aromatic heterocycles. The molecular formula is C20H19N5O3. The molecule has 2 aromatic carbocycles. The molecule has 0 atom stereocenters. The number of anilines is 1. The first-order chi connectivity index (χ1) is 13.6. The molecule has 0 aliphatic carbocycles.